The van der Waals surface area contributed by atoms with Crippen molar-refractivity contribution in [2.24, 2.45) is 0 Å². The molecule has 0 radical (unpaired) electrons. The van der Waals surface area contributed by atoms with E-state index in [0.717, 1.165) is 16.9 Å². The number of carbonyl (C=O) groups excluding carboxylic acids is 1. The lowest BCUT2D eigenvalue weighted by Crippen LogP contribution is -2.38. The molecule has 122 valence electrons. The average Bonchev–Trinajstić information content (AvgIpc) is 2.59. The number of nitrogens with zero attached hydrogens (tertiary/aromatic N) is 1. The smallest absolute Gasteiger partial charge is 0.317 e. The van der Waals surface area contributed by atoms with E-state index in [2.05, 4.69) is 5.32 Å². The Morgan fingerprint density at radius 2 is 1.87 bits per heavy atom. The van der Waals surface area contributed by atoms with Crippen LogP contribution in [0.25, 0.3) is 0 Å². The lowest BCUT2D eigenvalue weighted by atomic mass is 10.1. The second-order valence-electron chi connectivity index (χ2n) is 5.31. The third-order valence-corrected chi connectivity index (χ3v) is 4.13. The Hall–Kier alpha value is -2.20. The molecule has 0 heterocycles. The molecule has 2 aromatic rings. The van der Waals surface area contributed by atoms with Crippen molar-refractivity contribution in [3.8, 4) is 5.75 Å². The number of rotatable bonds is 5. The van der Waals surface area contributed by atoms with Crippen LogP contribution in [0, 0.1) is 0 Å². The molecule has 2 rings (SSSR count). The van der Waals surface area contributed by atoms with Gasteiger partial charge in [-0.25, -0.2) is 4.79 Å². The van der Waals surface area contributed by atoms with Crippen molar-refractivity contribution < 1.29 is 9.53 Å². The Morgan fingerprint density at radius 1 is 1.22 bits per heavy atom. The van der Waals surface area contributed by atoms with Crippen LogP contribution in [0.4, 0.5) is 4.79 Å². The molecule has 0 fully saturated rings. The molecule has 0 aliphatic heterocycles. The van der Waals surface area contributed by atoms with E-state index in [4.69, 9.17) is 16.3 Å². The lowest BCUT2D eigenvalue weighted by Gasteiger charge is -2.26. The Kier molecular flexibility index (Phi) is 5.88. The fourth-order valence-electron chi connectivity index (χ4n) is 2.29. The second-order valence-corrected chi connectivity index (χ2v) is 5.75. The minimum Gasteiger partial charge on any atom is -0.496 e. The first-order valence-corrected chi connectivity index (χ1v) is 7.78. The maximum atomic E-state index is 12.3. The predicted octanol–water partition coefficient (Wildman–Crippen LogP) is 4.25. The van der Waals surface area contributed by atoms with Gasteiger partial charge in [-0.05, 0) is 30.7 Å². The molecule has 1 atom stereocenters. The number of benzene rings is 2. The van der Waals surface area contributed by atoms with Gasteiger partial charge in [-0.3, -0.25) is 0 Å². The second kappa shape index (κ2) is 7.88. The number of para-hydroxylation sites is 1. The maximum absolute atomic E-state index is 12.3. The van der Waals surface area contributed by atoms with Gasteiger partial charge in [0.05, 0.1) is 13.2 Å². The van der Waals surface area contributed by atoms with E-state index >= 15 is 0 Å². The number of ether oxygens (including phenoxy) is 1. The summed E-state index contributed by atoms with van der Waals surface area (Å²) in [7, 11) is 3.40. The first-order valence-electron chi connectivity index (χ1n) is 7.41. The normalized spacial score (nSPS) is 11.7. The standard InChI is InChI=1S/C18H21ClN2O2/c1-13(14-8-10-16(19)11-9-14)21(2)18(22)20-12-15-6-4-5-7-17(15)23-3/h4-11,13H,12H2,1-3H3,(H,20,22). The molecule has 1 N–H and O–H groups in total. The zero-order chi connectivity index (χ0) is 16.8. The van der Waals surface area contributed by atoms with Crippen molar-refractivity contribution in [1.29, 1.82) is 0 Å². The number of hydrogen-bond donors (Lipinski definition) is 1. The van der Waals surface area contributed by atoms with Crippen molar-refractivity contribution in [3.63, 3.8) is 0 Å². The number of hydrogen-bond acceptors (Lipinski definition) is 2. The SMILES string of the molecule is COc1ccccc1CNC(=O)N(C)C(C)c1ccc(Cl)cc1. The minimum atomic E-state index is -0.140. The van der Waals surface area contributed by atoms with Crippen molar-refractivity contribution >= 4 is 17.6 Å². The van der Waals surface area contributed by atoms with E-state index in [1.54, 1.807) is 19.1 Å². The van der Waals surface area contributed by atoms with Crippen molar-refractivity contribution in [2.75, 3.05) is 14.2 Å². The minimum absolute atomic E-state index is 0.0510. The molecule has 5 heteroatoms. The number of nitrogens with one attached hydrogen (secondary N) is 1. The van der Waals surface area contributed by atoms with Crippen LogP contribution >= 0.6 is 11.6 Å². The van der Waals surface area contributed by atoms with Gasteiger partial charge >= 0.3 is 6.03 Å². The molecule has 23 heavy (non-hydrogen) atoms. The van der Waals surface area contributed by atoms with Gasteiger partial charge in [0, 0.05) is 24.2 Å². The molecule has 2 amide bonds. The number of halogens is 1. The summed E-state index contributed by atoms with van der Waals surface area (Å²) in [4.78, 5) is 14.0. The van der Waals surface area contributed by atoms with Crippen molar-refractivity contribution in [1.82, 2.24) is 10.2 Å². The third-order valence-electron chi connectivity index (χ3n) is 3.88. The zero-order valence-corrected chi connectivity index (χ0v) is 14.3. The number of methoxy groups -OCH3 is 1. The van der Waals surface area contributed by atoms with Gasteiger partial charge in [-0.2, -0.15) is 0 Å². The van der Waals surface area contributed by atoms with Crippen molar-refractivity contribution in [2.45, 2.75) is 19.5 Å². The Morgan fingerprint density at radius 3 is 2.52 bits per heavy atom. The van der Waals surface area contributed by atoms with Crippen LogP contribution < -0.4 is 10.1 Å². The number of amides is 2. The summed E-state index contributed by atoms with van der Waals surface area (Å²) in [6.07, 6.45) is 0. The van der Waals surface area contributed by atoms with Crippen LogP contribution in [0.15, 0.2) is 48.5 Å². The fraction of sp³-hybridized carbons (Fsp3) is 0.278. The highest BCUT2D eigenvalue weighted by Gasteiger charge is 2.17. The summed E-state index contributed by atoms with van der Waals surface area (Å²) in [6, 6.07) is 14.9. The van der Waals surface area contributed by atoms with Crippen LogP contribution in [-0.4, -0.2) is 25.1 Å². The van der Waals surface area contributed by atoms with Gasteiger partial charge in [0.1, 0.15) is 5.75 Å². The van der Waals surface area contributed by atoms with E-state index in [1.807, 2.05) is 55.5 Å². The molecular formula is C18H21ClN2O2. The van der Waals surface area contributed by atoms with Crippen LogP contribution in [0.5, 0.6) is 5.75 Å². The first-order chi connectivity index (χ1) is 11.0. The molecule has 0 saturated carbocycles. The Balaban J connectivity index is 1.98. The molecule has 0 saturated heterocycles. The zero-order valence-electron chi connectivity index (χ0n) is 13.5. The molecule has 0 aliphatic carbocycles. The summed E-state index contributed by atoms with van der Waals surface area (Å²) in [5.41, 5.74) is 1.97. The molecule has 0 aliphatic rings. The van der Waals surface area contributed by atoms with Gasteiger partial charge in [0.25, 0.3) is 0 Å². The van der Waals surface area contributed by atoms with E-state index in [1.165, 1.54) is 0 Å². The molecule has 4 nitrogen and oxygen atoms in total. The highest BCUT2D eigenvalue weighted by molar-refractivity contribution is 6.30. The maximum Gasteiger partial charge on any atom is 0.317 e. The topological polar surface area (TPSA) is 41.6 Å². The van der Waals surface area contributed by atoms with Gasteiger partial charge in [0.2, 0.25) is 0 Å². The first kappa shape index (κ1) is 17.2. The number of urea groups is 1. The van der Waals surface area contributed by atoms with Crippen LogP contribution in [0.3, 0.4) is 0 Å². The van der Waals surface area contributed by atoms with E-state index in [-0.39, 0.29) is 12.1 Å². The Labute approximate surface area is 142 Å². The summed E-state index contributed by atoms with van der Waals surface area (Å²) in [6.45, 7) is 2.40. The molecule has 0 spiro atoms. The lowest BCUT2D eigenvalue weighted by molar-refractivity contribution is 0.194. The highest BCUT2D eigenvalue weighted by Crippen LogP contribution is 2.21. The molecular weight excluding hydrogens is 312 g/mol. The summed E-state index contributed by atoms with van der Waals surface area (Å²) < 4.78 is 5.29. The summed E-state index contributed by atoms with van der Waals surface area (Å²) in [5, 5.41) is 3.60. The third kappa shape index (κ3) is 4.39. The average molecular weight is 333 g/mol. The van der Waals surface area contributed by atoms with E-state index < -0.39 is 0 Å². The van der Waals surface area contributed by atoms with Gasteiger partial charge in [0.15, 0.2) is 0 Å². The van der Waals surface area contributed by atoms with Crippen molar-refractivity contribution in [3.05, 3.63) is 64.7 Å². The van der Waals surface area contributed by atoms with Gasteiger partial charge in [-0.15, -0.1) is 0 Å². The predicted molar refractivity (Wildman–Crippen MR) is 92.9 cm³/mol. The molecule has 1 unspecified atom stereocenters. The quantitative estimate of drug-likeness (QED) is 0.889. The van der Waals surface area contributed by atoms with Crippen LogP contribution in [0.2, 0.25) is 5.02 Å². The molecule has 2 aromatic carbocycles. The van der Waals surface area contributed by atoms with Gasteiger partial charge < -0.3 is 15.0 Å². The molecule has 0 aromatic heterocycles. The van der Waals surface area contributed by atoms with E-state index in [0.29, 0.717) is 11.6 Å². The fourth-order valence-corrected chi connectivity index (χ4v) is 2.41. The largest absolute Gasteiger partial charge is 0.496 e. The Bertz CT molecular complexity index is 658. The summed E-state index contributed by atoms with van der Waals surface area (Å²) in [5.74, 6) is 0.765. The van der Waals surface area contributed by atoms with Crippen LogP contribution in [-0.2, 0) is 6.54 Å². The van der Waals surface area contributed by atoms with E-state index in [9.17, 15) is 4.79 Å². The summed E-state index contributed by atoms with van der Waals surface area (Å²) >= 11 is 5.90. The number of carbonyl (C=O) groups is 1. The van der Waals surface area contributed by atoms with Crippen LogP contribution in [0.1, 0.15) is 24.1 Å². The van der Waals surface area contributed by atoms with Gasteiger partial charge in [-0.1, -0.05) is 41.9 Å². The molecule has 0 bridgehead atoms. The monoisotopic (exact) mass is 332 g/mol. The highest BCUT2D eigenvalue weighted by atomic mass is 35.5.